The Morgan fingerprint density at radius 1 is 0.453 bits per heavy atom. The summed E-state index contributed by atoms with van der Waals surface area (Å²) in [5.74, 6) is 0.885. The molecule has 0 N–H and O–H groups in total. The maximum atomic E-state index is 6.70. The molecule has 0 radical (unpaired) electrons. The van der Waals surface area contributed by atoms with Crippen molar-refractivity contribution in [1.29, 1.82) is 0 Å². The lowest BCUT2D eigenvalue weighted by Crippen LogP contribution is -2.03. The van der Waals surface area contributed by atoms with E-state index in [0.717, 1.165) is 110 Å². The Bertz CT molecular complexity index is 3450. The lowest BCUT2D eigenvalue weighted by Gasteiger charge is -2.15. The predicted molar refractivity (Wildman–Crippen MR) is 218 cm³/mol. The molecule has 0 bridgehead atoms. The molecule has 0 saturated carbocycles. The number of pyridine rings is 1. The highest BCUT2D eigenvalue weighted by atomic mass is 16.3. The molecular formula is C48H29N3O2. The first-order chi connectivity index (χ1) is 26.2. The van der Waals surface area contributed by atoms with Crippen molar-refractivity contribution in [1.82, 2.24) is 14.1 Å². The summed E-state index contributed by atoms with van der Waals surface area (Å²) in [6.07, 6.45) is 0. The molecule has 12 rings (SSSR count). The summed E-state index contributed by atoms with van der Waals surface area (Å²) in [5.41, 5.74) is 13.0. The molecule has 5 heteroatoms. The minimum atomic E-state index is 0.806. The lowest BCUT2D eigenvalue weighted by atomic mass is 9.99. The zero-order valence-electron chi connectivity index (χ0n) is 28.7. The molecule has 53 heavy (non-hydrogen) atoms. The summed E-state index contributed by atoms with van der Waals surface area (Å²) in [7, 11) is 0. The van der Waals surface area contributed by atoms with E-state index in [4.69, 9.17) is 13.8 Å². The first-order valence-electron chi connectivity index (χ1n) is 18.0. The Balaban J connectivity index is 1.28. The van der Waals surface area contributed by atoms with Crippen LogP contribution in [-0.4, -0.2) is 14.1 Å². The number of fused-ring (bicyclic) bond motifs is 14. The SMILES string of the molecule is Cc1c(-n2c3ccccc3c3c2ccc2c4c5oc6ccccc6c5ccc4n(-c4ccccc4)c23)nc2c(oc3ccccc32)c1-c1ccccc1. The summed E-state index contributed by atoms with van der Waals surface area (Å²) < 4.78 is 18.1. The normalized spacial score (nSPS) is 12.2. The van der Waals surface area contributed by atoms with Crippen LogP contribution in [0.5, 0.6) is 0 Å². The molecule has 5 heterocycles. The number of para-hydroxylation sites is 4. The van der Waals surface area contributed by atoms with Gasteiger partial charge in [0.15, 0.2) is 5.58 Å². The Kier molecular flexibility index (Phi) is 5.64. The molecule has 0 unspecified atom stereocenters. The summed E-state index contributed by atoms with van der Waals surface area (Å²) in [6.45, 7) is 2.18. The fourth-order valence-electron chi connectivity index (χ4n) is 8.85. The molecule has 0 saturated heterocycles. The van der Waals surface area contributed by atoms with Gasteiger partial charge in [-0.15, -0.1) is 0 Å². The number of rotatable bonds is 3. The van der Waals surface area contributed by atoms with Crippen molar-refractivity contribution >= 4 is 87.6 Å². The molecule has 7 aromatic carbocycles. The Labute approximate surface area is 302 Å². The molecule has 248 valence electrons. The first-order valence-corrected chi connectivity index (χ1v) is 18.0. The van der Waals surface area contributed by atoms with Crippen molar-refractivity contribution in [2.45, 2.75) is 6.92 Å². The van der Waals surface area contributed by atoms with E-state index in [0.29, 0.717) is 0 Å². The van der Waals surface area contributed by atoms with Crippen LogP contribution in [0.2, 0.25) is 0 Å². The molecule has 5 nitrogen and oxygen atoms in total. The molecular weight excluding hydrogens is 651 g/mol. The molecule has 5 aromatic heterocycles. The van der Waals surface area contributed by atoms with Crippen LogP contribution in [0.3, 0.4) is 0 Å². The highest BCUT2D eigenvalue weighted by Crippen LogP contribution is 2.46. The van der Waals surface area contributed by atoms with Gasteiger partial charge in [-0.25, -0.2) is 4.98 Å². The van der Waals surface area contributed by atoms with E-state index in [1.807, 2.05) is 18.2 Å². The van der Waals surface area contributed by atoms with Crippen LogP contribution in [-0.2, 0) is 0 Å². The number of aromatic nitrogens is 3. The van der Waals surface area contributed by atoms with Crippen molar-refractivity contribution in [2.24, 2.45) is 0 Å². The second-order valence-electron chi connectivity index (χ2n) is 13.9. The van der Waals surface area contributed by atoms with Gasteiger partial charge in [0.25, 0.3) is 0 Å². The van der Waals surface area contributed by atoms with E-state index in [1.54, 1.807) is 0 Å². The number of nitrogens with zero attached hydrogens (tertiary/aromatic N) is 3. The zero-order valence-corrected chi connectivity index (χ0v) is 28.7. The van der Waals surface area contributed by atoms with Crippen LogP contribution in [0, 0.1) is 6.92 Å². The van der Waals surface area contributed by atoms with E-state index in [1.165, 1.54) is 5.39 Å². The number of benzene rings is 7. The van der Waals surface area contributed by atoms with E-state index in [9.17, 15) is 0 Å². The van der Waals surface area contributed by atoms with Crippen molar-refractivity contribution in [3.05, 3.63) is 163 Å². The fraction of sp³-hybridized carbons (Fsp3) is 0.0208. The maximum Gasteiger partial charge on any atom is 0.162 e. The Morgan fingerprint density at radius 2 is 1.06 bits per heavy atom. The second kappa shape index (κ2) is 10.5. The largest absolute Gasteiger partial charge is 0.455 e. The number of hydrogen-bond acceptors (Lipinski definition) is 3. The molecule has 0 amide bonds. The first kappa shape index (κ1) is 28.6. The quantitative estimate of drug-likeness (QED) is 0.187. The van der Waals surface area contributed by atoms with Crippen LogP contribution in [0.4, 0.5) is 0 Å². The van der Waals surface area contributed by atoms with Crippen LogP contribution >= 0.6 is 0 Å². The third-order valence-electron chi connectivity index (χ3n) is 11.1. The summed E-state index contributed by atoms with van der Waals surface area (Å²) in [4.78, 5) is 5.51. The Morgan fingerprint density at radius 3 is 1.85 bits per heavy atom. The van der Waals surface area contributed by atoms with Gasteiger partial charge in [0, 0.05) is 49.1 Å². The van der Waals surface area contributed by atoms with E-state index < -0.39 is 0 Å². The van der Waals surface area contributed by atoms with Gasteiger partial charge in [0.05, 0.1) is 27.5 Å². The third-order valence-corrected chi connectivity index (χ3v) is 11.1. The Hall–Kier alpha value is -7.11. The average Bonchev–Trinajstić information content (AvgIpc) is 3.95. The van der Waals surface area contributed by atoms with Crippen molar-refractivity contribution in [3.8, 4) is 22.6 Å². The highest BCUT2D eigenvalue weighted by molar-refractivity contribution is 6.31. The van der Waals surface area contributed by atoms with Crippen LogP contribution in [0.15, 0.2) is 167 Å². The standard InChI is InChI=1S/C48H29N3O2/c1-28-41(29-14-4-2-5-15-29)47-44(34-20-10-13-23-40(34)53-47)49-48(28)51-36-21-11-8-19-33(36)42-37(51)27-25-35-43-38(50(45(35)42)30-16-6-3-7-17-30)26-24-32-31-18-9-12-22-39(31)52-46(32)43/h2-27H,1H3. The van der Waals surface area contributed by atoms with Gasteiger partial charge < -0.3 is 13.4 Å². The van der Waals surface area contributed by atoms with Crippen LogP contribution in [0.25, 0.3) is 110 Å². The molecule has 0 aliphatic rings. The zero-order chi connectivity index (χ0) is 34.8. The summed E-state index contributed by atoms with van der Waals surface area (Å²) in [6, 6.07) is 55.5. The van der Waals surface area contributed by atoms with Gasteiger partial charge in [0.2, 0.25) is 0 Å². The van der Waals surface area contributed by atoms with Gasteiger partial charge in [-0.2, -0.15) is 0 Å². The van der Waals surface area contributed by atoms with Gasteiger partial charge >= 0.3 is 0 Å². The van der Waals surface area contributed by atoms with E-state index in [-0.39, 0.29) is 0 Å². The van der Waals surface area contributed by atoms with Crippen LogP contribution in [0.1, 0.15) is 5.56 Å². The monoisotopic (exact) mass is 679 g/mol. The maximum absolute atomic E-state index is 6.70. The minimum Gasteiger partial charge on any atom is -0.455 e. The topological polar surface area (TPSA) is 49.0 Å². The van der Waals surface area contributed by atoms with Gasteiger partial charge in [0.1, 0.15) is 28.1 Å². The lowest BCUT2D eigenvalue weighted by molar-refractivity contribution is 0.668. The smallest absolute Gasteiger partial charge is 0.162 e. The molecule has 12 aromatic rings. The third kappa shape index (κ3) is 3.78. The number of furan rings is 2. The highest BCUT2D eigenvalue weighted by Gasteiger charge is 2.26. The summed E-state index contributed by atoms with van der Waals surface area (Å²) >= 11 is 0. The van der Waals surface area contributed by atoms with Gasteiger partial charge in [-0.1, -0.05) is 97.1 Å². The molecule has 0 aliphatic heterocycles. The average molecular weight is 680 g/mol. The minimum absolute atomic E-state index is 0.806. The molecule has 0 aliphatic carbocycles. The fourth-order valence-corrected chi connectivity index (χ4v) is 8.85. The van der Waals surface area contributed by atoms with Gasteiger partial charge in [-0.05, 0) is 73.2 Å². The molecule has 0 spiro atoms. The van der Waals surface area contributed by atoms with Gasteiger partial charge in [-0.3, -0.25) is 4.57 Å². The summed E-state index contributed by atoms with van der Waals surface area (Å²) in [5, 5.41) is 7.84. The molecule has 0 atom stereocenters. The predicted octanol–water partition coefficient (Wildman–Crippen LogP) is 13.1. The number of hydrogen-bond donors (Lipinski definition) is 0. The van der Waals surface area contributed by atoms with E-state index >= 15 is 0 Å². The van der Waals surface area contributed by atoms with Crippen molar-refractivity contribution in [3.63, 3.8) is 0 Å². The van der Waals surface area contributed by atoms with Crippen LogP contribution < -0.4 is 0 Å². The van der Waals surface area contributed by atoms with Crippen molar-refractivity contribution < 1.29 is 8.83 Å². The van der Waals surface area contributed by atoms with Crippen molar-refractivity contribution in [2.75, 3.05) is 0 Å². The van der Waals surface area contributed by atoms with E-state index in [2.05, 4.69) is 156 Å². The second-order valence-corrected chi connectivity index (χ2v) is 13.9. The molecule has 0 fully saturated rings.